The van der Waals surface area contributed by atoms with Gasteiger partial charge in [0.25, 0.3) is 0 Å². The third-order valence-corrected chi connectivity index (χ3v) is 2.42. The fourth-order valence-corrected chi connectivity index (χ4v) is 1.14. The Morgan fingerprint density at radius 3 is 2.46 bits per heavy atom. The van der Waals surface area contributed by atoms with E-state index in [1.807, 2.05) is 18.2 Å². The van der Waals surface area contributed by atoms with E-state index < -0.39 is 0 Å². The van der Waals surface area contributed by atoms with Crippen molar-refractivity contribution in [3.63, 3.8) is 0 Å². The summed E-state index contributed by atoms with van der Waals surface area (Å²) in [5, 5.41) is 0. The molecule has 0 aliphatic carbocycles. The van der Waals surface area contributed by atoms with Gasteiger partial charge in [-0.2, -0.15) is 0 Å². The number of hydrogen-bond donors (Lipinski definition) is 0. The van der Waals surface area contributed by atoms with Crippen LogP contribution >= 0.6 is 0 Å². The number of methoxy groups -OCH3 is 1. The Morgan fingerprint density at radius 1 is 1.23 bits per heavy atom. The summed E-state index contributed by atoms with van der Waals surface area (Å²) in [6, 6.07) is 5.91. The van der Waals surface area contributed by atoms with Crippen LogP contribution in [0.15, 0.2) is 18.2 Å². The summed E-state index contributed by atoms with van der Waals surface area (Å²) in [4.78, 5) is 4.39. The van der Waals surface area contributed by atoms with Crippen LogP contribution in [0.4, 0.5) is 0 Å². The molecular weight excluding hydrogens is 162 g/mol. The maximum absolute atomic E-state index is 5.07. The third-order valence-electron chi connectivity index (χ3n) is 2.42. The van der Waals surface area contributed by atoms with Crippen LogP contribution in [0.2, 0.25) is 0 Å². The van der Waals surface area contributed by atoms with Crippen molar-refractivity contribution in [1.29, 1.82) is 0 Å². The molecule has 0 N–H and O–H groups in total. The number of ether oxygens (including phenoxy) is 1. The molecule has 1 aromatic rings. The Bertz CT molecular complexity index is 271. The molecule has 0 radical (unpaired) electrons. The van der Waals surface area contributed by atoms with Crippen molar-refractivity contribution >= 4 is 0 Å². The summed E-state index contributed by atoms with van der Waals surface area (Å²) in [6.45, 7) is 6.59. The first-order valence-corrected chi connectivity index (χ1v) is 4.66. The maximum atomic E-state index is 5.07. The molecule has 1 rings (SSSR count). The zero-order valence-corrected chi connectivity index (χ0v) is 8.74. The van der Waals surface area contributed by atoms with Gasteiger partial charge in [0.2, 0.25) is 5.88 Å². The average Bonchev–Trinajstić information content (AvgIpc) is 2.16. The summed E-state index contributed by atoms with van der Waals surface area (Å²) in [6.07, 6.45) is 0. The molecule has 0 aliphatic heterocycles. The summed E-state index contributed by atoms with van der Waals surface area (Å²) in [5.74, 6) is 1.79. The van der Waals surface area contributed by atoms with Crippen molar-refractivity contribution in [2.75, 3.05) is 7.11 Å². The van der Waals surface area contributed by atoms with Crippen LogP contribution in [0.5, 0.6) is 5.88 Å². The molecule has 1 unspecified atom stereocenters. The zero-order chi connectivity index (χ0) is 9.84. The number of pyridine rings is 1. The second-order valence-electron chi connectivity index (χ2n) is 3.64. The van der Waals surface area contributed by atoms with E-state index in [2.05, 4.69) is 25.8 Å². The SMILES string of the molecule is COc1cccc(C(C)C(C)C)n1. The van der Waals surface area contributed by atoms with Gasteiger partial charge in [-0.3, -0.25) is 0 Å². The lowest BCUT2D eigenvalue weighted by Gasteiger charge is -2.15. The Kier molecular flexibility index (Phi) is 3.29. The molecule has 0 aliphatic rings. The lowest BCUT2D eigenvalue weighted by molar-refractivity contribution is 0.392. The van der Waals surface area contributed by atoms with Gasteiger partial charge in [-0.25, -0.2) is 4.98 Å². The fourth-order valence-electron chi connectivity index (χ4n) is 1.14. The van der Waals surface area contributed by atoms with E-state index in [-0.39, 0.29) is 0 Å². The second-order valence-corrected chi connectivity index (χ2v) is 3.64. The summed E-state index contributed by atoms with van der Waals surface area (Å²) in [7, 11) is 1.64. The van der Waals surface area contributed by atoms with Gasteiger partial charge < -0.3 is 4.74 Å². The summed E-state index contributed by atoms with van der Waals surface area (Å²) >= 11 is 0. The van der Waals surface area contributed by atoms with E-state index in [0.29, 0.717) is 17.7 Å². The normalized spacial score (nSPS) is 13.0. The van der Waals surface area contributed by atoms with Gasteiger partial charge in [0.15, 0.2) is 0 Å². The minimum Gasteiger partial charge on any atom is -0.481 e. The quantitative estimate of drug-likeness (QED) is 0.711. The summed E-state index contributed by atoms with van der Waals surface area (Å²) < 4.78 is 5.07. The van der Waals surface area contributed by atoms with Gasteiger partial charge in [0, 0.05) is 17.7 Å². The van der Waals surface area contributed by atoms with Crippen LogP contribution in [0.3, 0.4) is 0 Å². The molecule has 0 spiro atoms. The van der Waals surface area contributed by atoms with Gasteiger partial charge in [0.05, 0.1) is 7.11 Å². The lowest BCUT2D eigenvalue weighted by atomic mass is 9.94. The van der Waals surface area contributed by atoms with Crippen molar-refractivity contribution in [3.8, 4) is 5.88 Å². The van der Waals surface area contributed by atoms with Crippen molar-refractivity contribution in [2.24, 2.45) is 5.92 Å². The fraction of sp³-hybridized carbons (Fsp3) is 0.545. The first kappa shape index (κ1) is 10.0. The molecule has 2 heteroatoms. The monoisotopic (exact) mass is 179 g/mol. The Balaban J connectivity index is 2.88. The molecular formula is C11H17NO. The Hall–Kier alpha value is -1.05. The second kappa shape index (κ2) is 4.26. The van der Waals surface area contributed by atoms with E-state index in [0.717, 1.165) is 5.69 Å². The number of aromatic nitrogens is 1. The predicted octanol–water partition coefficient (Wildman–Crippen LogP) is 2.85. The van der Waals surface area contributed by atoms with Gasteiger partial charge in [-0.1, -0.05) is 26.8 Å². The summed E-state index contributed by atoms with van der Waals surface area (Å²) in [5.41, 5.74) is 1.11. The van der Waals surface area contributed by atoms with Gasteiger partial charge in [-0.05, 0) is 12.0 Å². The first-order valence-electron chi connectivity index (χ1n) is 4.66. The minimum atomic E-state index is 0.482. The third kappa shape index (κ3) is 2.44. The Labute approximate surface area is 80.0 Å². The zero-order valence-electron chi connectivity index (χ0n) is 8.74. The molecule has 72 valence electrons. The molecule has 0 bridgehead atoms. The molecule has 1 atom stereocenters. The largest absolute Gasteiger partial charge is 0.481 e. The van der Waals surface area contributed by atoms with Crippen LogP contribution in [0.1, 0.15) is 32.4 Å². The molecule has 0 saturated carbocycles. The van der Waals surface area contributed by atoms with Crippen LogP contribution in [-0.4, -0.2) is 12.1 Å². The predicted molar refractivity (Wildman–Crippen MR) is 54.0 cm³/mol. The molecule has 0 fully saturated rings. The van der Waals surface area contributed by atoms with Crippen molar-refractivity contribution in [1.82, 2.24) is 4.98 Å². The topological polar surface area (TPSA) is 22.1 Å². The molecule has 13 heavy (non-hydrogen) atoms. The van der Waals surface area contributed by atoms with Crippen LogP contribution < -0.4 is 4.74 Å². The molecule has 0 saturated heterocycles. The van der Waals surface area contributed by atoms with Crippen molar-refractivity contribution < 1.29 is 4.74 Å². The van der Waals surface area contributed by atoms with Crippen molar-refractivity contribution in [2.45, 2.75) is 26.7 Å². The first-order chi connectivity index (χ1) is 6.15. The smallest absolute Gasteiger partial charge is 0.213 e. The molecule has 1 aromatic heterocycles. The van der Waals surface area contributed by atoms with Crippen LogP contribution in [0, 0.1) is 5.92 Å². The highest BCUT2D eigenvalue weighted by atomic mass is 16.5. The maximum Gasteiger partial charge on any atom is 0.213 e. The van der Waals surface area contributed by atoms with Crippen LogP contribution in [-0.2, 0) is 0 Å². The highest BCUT2D eigenvalue weighted by molar-refractivity contribution is 5.18. The van der Waals surface area contributed by atoms with E-state index in [4.69, 9.17) is 4.74 Å². The molecule has 0 amide bonds. The van der Waals surface area contributed by atoms with Gasteiger partial charge in [-0.15, -0.1) is 0 Å². The van der Waals surface area contributed by atoms with E-state index >= 15 is 0 Å². The molecule has 2 nitrogen and oxygen atoms in total. The van der Waals surface area contributed by atoms with Crippen molar-refractivity contribution in [3.05, 3.63) is 23.9 Å². The Morgan fingerprint density at radius 2 is 1.92 bits per heavy atom. The van der Waals surface area contributed by atoms with Gasteiger partial charge >= 0.3 is 0 Å². The standard InChI is InChI=1S/C11H17NO/c1-8(2)9(3)10-6-5-7-11(12-10)13-4/h5-9H,1-4H3. The van der Waals surface area contributed by atoms with E-state index in [9.17, 15) is 0 Å². The van der Waals surface area contributed by atoms with Gasteiger partial charge in [0.1, 0.15) is 0 Å². The number of rotatable bonds is 3. The number of hydrogen-bond acceptors (Lipinski definition) is 2. The molecule has 1 heterocycles. The van der Waals surface area contributed by atoms with Crippen LogP contribution in [0.25, 0.3) is 0 Å². The highest BCUT2D eigenvalue weighted by Crippen LogP contribution is 2.22. The minimum absolute atomic E-state index is 0.482. The average molecular weight is 179 g/mol. The lowest BCUT2D eigenvalue weighted by Crippen LogP contribution is -2.04. The number of nitrogens with zero attached hydrogens (tertiary/aromatic N) is 1. The van der Waals surface area contributed by atoms with E-state index in [1.54, 1.807) is 7.11 Å². The van der Waals surface area contributed by atoms with E-state index in [1.165, 1.54) is 0 Å². The molecule has 0 aromatic carbocycles. The highest BCUT2D eigenvalue weighted by Gasteiger charge is 2.11.